The van der Waals surface area contributed by atoms with Crippen LogP contribution in [0.15, 0.2) is 59.7 Å². The molecule has 0 saturated carbocycles. The number of rotatable bonds is 4. The molecular weight excluding hydrogens is 325 g/mol. The average molecular weight is 337 g/mol. The first-order valence-corrected chi connectivity index (χ1v) is 8.23. The van der Waals surface area contributed by atoms with Crippen LogP contribution in [0.25, 0.3) is 22.9 Å². The van der Waals surface area contributed by atoms with E-state index in [2.05, 4.69) is 20.1 Å². The van der Waals surface area contributed by atoms with E-state index in [0.717, 1.165) is 11.4 Å². The van der Waals surface area contributed by atoms with E-state index < -0.39 is 0 Å². The summed E-state index contributed by atoms with van der Waals surface area (Å²) in [5.41, 5.74) is 4.56. The van der Waals surface area contributed by atoms with E-state index in [9.17, 15) is 4.39 Å². The van der Waals surface area contributed by atoms with Gasteiger partial charge in [-0.15, -0.1) is 11.3 Å². The minimum absolute atomic E-state index is 0.255. The molecule has 24 heavy (non-hydrogen) atoms. The Balaban J connectivity index is 1.80. The fraction of sp³-hybridized carbons (Fsp3) is 0.0588. The third-order valence-corrected chi connectivity index (χ3v) is 4.13. The largest absolute Gasteiger partial charge is 0.258 e. The van der Waals surface area contributed by atoms with Crippen molar-refractivity contribution in [2.45, 2.75) is 6.54 Å². The van der Waals surface area contributed by atoms with Crippen molar-refractivity contribution in [3.8, 4) is 22.9 Å². The maximum atomic E-state index is 14.0. The van der Waals surface area contributed by atoms with Crippen molar-refractivity contribution in [1.29, 1.82) is 0 Å². The number of hydrogen-bond donors (Lipinski definition) is 0. The summed E-state index contributed by atoms with van der Waals surface area (Å²) in [7, 11) is 0. The Morgan fingerprint density at radius 1 is 1.00 bits per heavy atom. The number of nitrogens with zero attached hydrogens (tertiary/aromatic N) is 5. The van der Waals surface area contributed by atoms with Gasteiger partial charge >= 0.3 is 0 Å². The molecule has 7 heteroatoms. The summed E-state index contributed by atoms with van der Waals surface area (Å²) in [5, 5.41) is 6.50. The Morgan fingerprint density at radius 3 is 2.58 bits per heavy atom. The average Bonchev–Trinajstić information content (AvgIpc) is 3.27. The van der Waals surface area contributed by atoms with Gasteiger partial charge in [0.15, 0.2) is 5.82 Å². The lowest BCUT2D eigenvalue weighted by molar-refractivity contribution is 0.587. The van der Waals surface area contributed by atoms with E-state index in [0.29, 0.717) is 23.6 Å². The number of aromatic nitrogens is 5. The first-order chi connectivity index (χ1) is 11.8. The fourth-order valence-corrected chi connectivity index (χ4v) is 2.96. The second-order valence-electron chi connectivity index (χ2n) is 5.11. The predicted octanol–water partition coefficient (Wildman–Crippen LogP) is 3.65. The van der Waals surface area contributed by atoms with Crippen LogP contribution in [0.2, 0.25) is 0 Å². The molecule has 0 fully saturated rings. The molecular formula is C17H12FN5S. The molecule has 3 aromatic heterocycles. The number of halogens is 1. The summed E-state index contributed by atoms with van der Waals surface area (Å²) in [6.07, 6.45) is 3.33. The highest BCUT2D eigenvalue weighted by Crippen LogP contribution is 2.25. The molecule has 0 unspecified atom stereocenters. The lowest BCUT2D eigenvalue weighted by atomic mass is 10.2. The van der Waals surface area contributed by atoms with Crippen LogP contribution in [-0.4, -0.2) is 24.7 Å². The molecule has 0 spiro atoms. The monoisotopic (exact) mass is 337 g/mol. The van der Waals surface area contributed by atoms with Crippen LogP contribution in [0.1, 0.15) is 5.56 Å². The van der Waals surface area contributed by atoms with Crippen LogP contribution < -0.4 is 0 Å². The maximum absolute atomic E-state index is 14.0. The molecule has 4 aromatic rings. The number of benzene rings is 1. The lowest BCUT2D eigenvalue weighted by Crippen LogP contribution is -2.06. The van der Waals surface area contributed by atoms with Gasteiger partial charge in [0.05, 0.1) is 23.4 Å². The second-order valence-corrected chi connectivity index (χ2v) is 5.83. The molecule has 3 heterocycles. The van der Waals surface area contributed by atoms with Gasteiger partial charge in [0.2, 0.25) is 0 Å². The van der Waals surface area contributed by atoms with Gasteiger partial charge in [0.1, 0.15) is 11.5 Å². The Morgan fingerprint density at radius 2 is 1.83 bits per heavy atom. The lowest BCUT2D eigenvalue weighted by Gasteiger charge is -2.06. The summed E-state index contributed by atoms with van der Waals surface area (Å²) in [6, 6.07) is 10.3. The molecule has 0 aliphatic carbocycles. The molecule has 0 bridgehead atoms. The Kier molecular flexibility index (Phi) is 3.84. The first kappa shape index (κ1) is 14.6. The molecule has 0 aliphatic rings. The van der Waals surface area contributed by atoms with E-state index in [4.69, 9.17) is 0 Å². The molecule has 1 aromatic carbocycles. The molecule has 4 rings (SSSR count). The standard InChI is InChI=1S/C17H12FN5S/c18-13-5-2-1-4-12(13)9-23-16(15-10-24-11-21-15)8-14(22-23)17-19-6-3-7-20-17/h1-8,10-11H,9H2. The van der Waals surface area contributed by atoms with Gasteiger partial charge in [-0.2, -0.15) is 5.10 Å². The SMILES string of the molecule is Fc1ccccc1Cn1nc(-c2ncccn2)cc1-c1cscn1. The Hall–Kier alpha value is -2.93. The van der Waals surface area contributed by atoms with Gasteiger partial charge < -0.3 is 0 Å². The predicted molar refractivity (Wildman–Crippen MR) is 89.9 cm³/mol. The third kappa shape index (κ3) is 2.81. The highest BCUT2D eigenvalue weighted by molar-refractivity contribution is 7.07. The fourth-order valence-electron chi connectivity index (χ4n) is 2.41. The minimum Gasteiger partial charge on any atom is -0.258 e. The highest BCUT2D eigenvalue weighted by atomic mass is 32.1. The summed E-state index contributed by atoms with van der Waals surface area (Å²) < 4.78 is 15.7. The van der Waals surface area contributed by atoms with Crippen LogP contribution in [-0.2, 0) is 6.54 Å². The Labute approximate surface area is 141 Å². The zero-order valence-corrected chi connectivity index (χ0v) is 13.3. The van der Waals surface area contributed by atoms with Crippen LogP contribution in [0.4, 0.5) is 4.39 Å². The highest BCUT2D eigenvalue weighted by Gasteiger charge is 2.15. The van der Waals surface area contributed by atoms with Crippen LogP contribution in [0, 0.1) is 5.82 Å². The normalized spacial score (nSPS) is 10.9. The first-order valence-electron chi connectivity index (χ1n) is 7.28. The van der Waals surface area contributed by atoms with Crippen molar-refractivity contribution in [2.75, 3.05) is 0 Å². The van der Waals surface area contributed by atoms with Crippen molar-refractivity contribution in [3.63, 3.8) is 0 Å². The second kappa shape index (κ2) is 6.29. The topological polar surface area (TPSA) is 56.5 Å². The van der Waals surface area contributed by atoms with E-state index in [1.807, 2.05) is 17.5 Å². The molecule has 0 N–H and O–H groups in total. The molecule has 0 amide bonds. The summed E-state index contributed by atoms with van der Waals surface area (Å²) in [5.74, 6) is 0.274. The third-order valence-electron chi connectivity index (χ3n) is 3.55. The van der Waals surface area contributed by atoms with E-state index in [1.165, 1.54) is 17.4 Å². The number of hydrogen-bond acceptors (Lipinski definition) is 5. The summed E-state index contributed by atoms with van der Waals surface area (Å²) >= 11 is 1.50. The van der Waals surface area contributed by atoms with E-state index in [-0.39, 0.29) is 5.82 Å². The van der Waals surface area contributed by atoms with Gasteiger partial charge in [0, 0.05) is 23.3 Å². The molecule has 0 saturated heterocycles. The van der Waals surface area contributed by atoms with Gasteiger partial charge in [-0.05, 0) is 18.2 Å². The van der Waals surface area contributed by atoms with Crippen LogP contribution in [0.5, 0.6) is 0 Å². The van der Waals surface area contributed by atoms with Gasteiger partial charge in [-0.1, -0.05) is 18.2 Å². The summed E-state index contributed by atoms with van der Waals surface area (Å²) in [4.78, 5) is 12.8. The van der Waals surface area contributed by atoms with Crippen molar-refractivity contribution in [1.82, 2.24) is 24.7 Å². The molecule has 0 aliphatic heterocycles. The van der Waals surface area contributed by atoms with Gasteiger partial charge in [-0.3, -0.25) is 4.68 Å². The van der Waals surface area contributed by atoms with Crippen molar-refractivity contribution >= 4 is 11.3 Å². The summed E-state index contributed by atoms with van der Waals surface area (Å²) in [6.45, 7) is 0.312. The molecule has 5 nitrogen and oxygen atoms in total. The smallest absolute Gasteiger partial charge is 0.180 e. The van der Waals surface area contributed by atoms with E-state index in [1.54, 1.807) is 40.8 Å². The number of thiazole rings is 1. The van der Waals surface area contributed by atoms with Gasteiger partial charge in [-0.25, -0.2) is 19.3 Å². The zero-order valence-electron chi connectivity index (χ0n) is 12.5. The van der Waals surface area contributed by atoms with Crippen LogP contribution in [0.3, 0.4) is 0 Å². The van der Waals surface area contributed by atoms with Crippen molar-refractivity contribution in [2.24, 2.45) is 0 Å². The maximum Gasteiger partial charge on any atom is 0.180 e. The molecule has 118 valence electrons. The van der Waals surface area contributed by atoms with Gasteiger partial charge in [0.25, 0.3) is 0 Å². The quantitative estimate of drug-likeness (QED) is 0.570. The molecule has 0 atom stereocenters. The minimum atomic E-state index is -0.255. The van der Waals surface area contributed by atoms with Crippen molar-refractivity contribution in [3.05, 3.63) is 71.1 Å². The van der Waals surface area contributed by atoms with Crippen LogP contribution >= 0.6 is 11.3 Å². The van der Waals surface area contributed by atoms with E-state index >= 15 is 0 Å². The van der Waals surface area contributed by atoms with Crippen molar-refractivity contribution < 1.29 is 4.39 Å². The zero-order chi connectivity index (χ0) is 16.4. The molecule has 0 radical (unpaired) electrons. The Bertz CT molecular complexity index is 950.